The Bertz CT molecular complexity index is 521. The first kappa shape index (κ1) is 13.3. The van der Waals surface area contributed by atoms with Crippen molar-refractivity contribution < 1.29 is 0 Å². The largest absolute Gasteiger partial charge is 0.380 e. The van der Waals surface area contributed by atoms with E-state index in [1.807, 2.05) is 12.1 Å². The minimum absolute atomic E-state index is 0.572. The summed E-state index contributed by atoms with van der Waals surface area (Å²) in [6.07, 6.45) is 1.06. The van der Waals surface area contributed by atoms with Gasteiger partial charge < -0.3 is 5.32 Å². The van der Waals surface area contributed by atoms with E-state index < -0.39 is 0 Å². The van der Waals surface area contributed by atoms with Gasteiger partial charge in [-0.2, -0.15) is 0 Å². The molecule has 2 rings (SSSR count). The van der Waals surface area contributed by atoms with Crippen molar-refractivity contribution in [1.82, 2.24) is 0 Å². The summed E-state index contributed by atoms with van der Waals surface area (Å²) in [6, 6.07) is 14.2. The molecule has 0 aliphatic heterocycles. The van der Waals surface area contributed by atoms with E-state index in [-0.39, 0.29) is 0 Å². The molecule has 0 aliphatic rings. The van der Waals surface area contributed by atoms with Crippen LogP contribution in [0, 0.1) is 0 Å². The molecule has 2 aromatic rings. The number of nitrogens with one attached hydrogen (secondary N) is 1. The lowest BCUT2D eigenvalue weighted by molar-refractivity contribution is 1.11. The summed E-state index contributed by atoms with van der Waals surface area (Å²) in [6.45, 7) is 2.89. The Balaban J connectivity index is 2.04. The average molecular weight is 280 g/mol. The van der Waals surface area contributed by atoms with Crippen LogP contribution in [0.1, 0.15) is 18.1 Å². The van der Waals surface area contributed by atoms with Crippen LogP contribution in [0.4, 0.5) is 5.69 Å². The number of benzene rings is 2. The first-order valence-electron chi connectivity index (χ1n) is 5.96. The van der Waals surface area contributed by atoms with Gasteiger partial charge in [0.2, 0.25) is 0 Å². The Hall–Kier alpha value is -1.18. The molecule has 3 heteroatoms. The molecule has 0 saturated heterocycles. The van der Waals surface area contributed by atoms with Crippen LogP contribution in [0.3, 0.4) is 0 Å². The number of hydrogen-bond donors (Lipinski definition) is 1. The Morgan fingerprint density at radius 1 is 0.944 bits per heavy atom. The first-order valence-corrected chi connectivity index (χ1v) is 6.72. The van der Waals surface area contributed by atoms with Gasteiger partial charge in [-0.05, 0) is 29.7 Å². The first-order chi connectivity index (χ1) is 8.70. The van der Waals surface area contributed by atoms with Gasteiger partial charge in [-0.3, -0.25) is 0 Å². The molecule has 94 valence electrons. The second-order valence-electron chi connectivity index (χ2n) is 4.12. The van der Waals surface area contributed by atoms with Gasteiger partial charge in [0.05, 0.1) is 15.7 Å². The zero-order valence-corrected chi connectivity index (χ0v) is 11.7. The van der Waals surface area contributed by atoms with E-state index in [2.05, 4.69) is 36.5 Å². The van der Waals surface area contributed by atoms with Crippen molar-refractivity contribution in [2.75, 3.05) is 5.32 Å². The SMILES string of the molecule is CCc1ccc(CNc2cccc(Cl)c2Cl)cc1. The van der Waals surface area contributed by atoms with Crippen LogP contribution in [0.25, 0.3) is 0 Å². The van der Waals surface area contributed by atoms with Crippen LogP contribution in [0.5, 0.6) is 0 Å². The molecular weight excluding hydrogens is 265 g/mol. The van der Waals surface area contributed by atoms with E-state index >= 15 is 0 Å². The molecule has 0 fully saturated rings. The predicted octanol–water partition coefficient (Wildman–Crippen LogP) is 5.17. The molecule has 0 spiro atoms. The number of hydrogen-bond acceptors (Lipinski definition) is 1. The molecule has 1 nitrogen and oxygen atoms in total. The minimum Gasteiger partial charge on any atom is -0.380 e. The van der Waals surface area contributed by atoms with Crippen LogP contribution in [0.2, 0.25) is 10.0 Å². The van der Waals surface area contributed by atoms with Crippen molar-refractivity contribution in [3.8, 4) is 0 Å². The van der Waals surface area contributed by atoms with Crippen LogP contribution < -0.4 is 5.32 Å². The van der Waals surface area contributed by atoms with Gasteiger partial charge in [0.15, 0.2) is 0 Å². The highest BCUT2D eigenvalue weighted by molar-refractivity contribution is 6.43. The summed E-state index contributed by atoms with van der Waals surface area (Å²) < 4.78 is 0. The number of aryl methyl sites for hydroxylation is 1. The third kappa shape index (κ3) is 3.18. The fourth-order valence-electron chi connectivity index (χ4n) is 1.73. The lowest BCUT2D eigenvalue weighted by atomic mass is 10.1. The highest BCUT2D eigenvalue weighted by Gasteiger charge is 2.03. The highest BCUT2D eigenvalue weighted by atomic mass is 35.5. The maximum absolute atomic E-state index is 6.11. The number of rotatable bonds is 4. The van der Waals surface area contributed by atoms with Crippen molar-refractivity contribution in [2.45, 2.75) is 19.9 Å². The topological polar surface area (TPSA) is 12.0 Å². The normalized spacial score (nSPS) is 10.4. The second kappa shape index (κ2) is 6.12. The maximum Gasteiger partial charge on any atom is 0.0823 e. The van der Waals surface area contributed by atoms with Gasteiger partial charge in [-0.1, -0.05) is 60.5 Å². The Kier molecular flexibility index (Phi) is 4.51. The third-order valence-electron chi connectivity index (χ3n) is 2.87. The molecule has 0 radical (unpaired) electrons. The molecule has 0 saturated carbocycles. The van der Waals surface area contributed by atoms with Crippen molar-refractivity contribution in [3.63, 3.8) is 0 Å². The fourth-order valence-corrected chi connectivity index (χ4v) is 2.10. The molecule has 18 heavy (non-hydrogen) atoms. The summed E-state index contributed by atoms with van der Waals surface area (Å²) in [7, 11) is 0. The Morgan fingerprint density at radius 2 is 1.61 bits per heavy atom. The maximum atomic E-state index is 6.11. The molecule has 0 aliphatic carbocycles. The molecule has 0 aromatic heterocycles. The zero-order valence-electron chi connectivity index (χ0n) is 10.2. The zero-order chi connectivity index (χ0) is 13.0. The van der Waals surface area contributed by atoms with Crippen LogP contribution in [-0.4, -0.2) is 0 Å². The summed E-state index contributed by atoms with van der Waals surface area (Å²) in [5, 5.41) is 4.44. The van der Waals surface area contributed by atoms with Crippen LogP contribution >= 0.6 is 23.2 Å². The number of halogens is 2. The lowest BCUT2D eigenvalue weighted by Gasteiger charge is -2.09. The molecule has 2 aromatic carbocycles. The monoisotopic (exact) mass is 279 g/mol. The molecule has 0 amide bonds. The van der Waals surface area contributed by atoms with Gasteiger partial charge >= 0.3 is 0 Å². The lowest BCUT2D eigenvalue weighted by Crippen LogP contribution is -2.00. The van der Waals surface area contributed by atoms with Gasteiger partial charge in [-0.15, -0.1) is 0 Å². The molecule has 0 heterocycles. The Morgan fingerprint density at radius 3 is 2.28 bits per heavy atom. The summed E-state index contributed by atoms with van der Waals surface area (Å²) in [5.41, 5.74) is 3.44. The highest BCUT2D eigenvalue weighted by Crippen LogP contribution is 2.29. The van der Waals surface area contributed by atoms with Crippen molar-refractivity contribution in [2.24, 2.45) is 0 Å². The Labute approximate surface area is 118 Å². The second-order valence-corrected chi connectivity index (χ2v) is 4.91. The average Bonchev–Trinajstić information content (AvgIpc) is 2.41. The van der Waals surface area contributed by atoms with Crippen molar-refractivity contribution in [3.05, 3.63) is 63.6 Å². The smallest absolute Gasteiger partial charge is 0.0823 e. The quantitative estimate of drug-likeness (QED) is 0.814. The van der Waals surface area contributed by atoms with Crippen molar-refractivity contribution in [1.29, 1.82) is 0 Å². The molecule has 1 N–H and O–H groups in total. The van der Waals surface area contributed by atoms with E-state index in [4.69, 9.17) is 23.2 Å². The summed E-state index contributed by atoms with van der Waals surface area (Å²) in [5.74, 6) is 0. The number of anilines is 1. The molecule has 0 bridgehead atoms. The van der Waals surface area contributed by atoms with Gasteiger partial charge in [0, 0.05) is 6.54 Å². The van der Waals surface area contributed by atoms with E-state index in [9.17, 15) is 0 Å². The minimum atomic E-state index is 0.572. The van der Waals surface area contributed by atoms with Crippen molar-refractivity contribution >= 4 is 28.9 Å². The van der Waals surface area contributed by atoms with Gasteiger partial charge in [-0.25, -0.2) is 0 Å². The van der Waals surface area contributed by atoms with E-state index in [1.165, 1.54) is 11.1 Å². The van der Waals surface area contributed by atoms with E-state index in [0.29, 0.717) is 10.0 Å². The van der Waals surface area contributed by atoms with Gasteiger partial charge in [0.25, 0.3) is 0 Å². The standard InChI is InChI=1S/C15H15Cl2N/c1-2-11-6-8-12(9-7-11)10-18-14-5-3-4-13(16)15(14)17/h3-9,18H,2,10H2,1H3. The van der Waals surface area contributed by atoms with E-state index in [1.54, 1.807) is 6.07 Å². The summed E-state index contributed by atoms with van der Waals surface area (Å²) >= 11 is 12.1. The van der Waals surface area contributed by atoms with E-state index in [0.717, 1.165) is 18.7 Å². The fraction of sp³-hybridized carbons (Fsp3) is 0.200. The predicted molar refractivity (Wildman–Crippen MR) is 79.6 cm³/mol. The molecule has 0 atom stereocenters. The van der Waals surface area contributed by atoms with Crippen LogP contribution in [0.15, 0.2) is 42.5 Å². The molecule has 0 unspecified atom stereocenters. The molecular formula is C15H15Cl2N. The van der Waals surface area contributed by atoms with Gasteiger partial charge in [0.1, 0.15) is 0 Å². The van der Waals surface area contributed by atoms with Crippen LogP contribution in [-0.2, 0) is 13.0 Å². The third-order valence-corrected chi connectivity index (χ3v) is 3.68. The summed E-state index contributed by atoms with van der Waals surface area (Å²) in [4.78, 5) is 0.